The second kappa shape index (κ2) is 10.7. The zero-order chi connectivity index (χ0) is 18.8. The molecule has 0 aliphatic carbocycles. The molecule has 0 spiro atoms. The maximum atomic E-state index is 12.1. The van der Waals surface area contributed by atoms with E-state index in [0.717, 1.165) is 22.9 Å². The smallest absolute Gasteiger partial charge is 0.343 e. The molecule has 0 radical (unpaired) electrons. The van der Waals surface area contributed by atoms with E-state index in [2.05, 4.69) is 22.9 Å². The lowest BCUT2D eigenvalue weighted by molar-refractivity contribution is -0.114. The normalized spacial score (nSPS) is 10.8. The van der Waals surface area contributed by atoms with Gasteiger partial charge in [0.15, 0.2) is 5.78 Å². The topological polar surface area (TPSA) is 43.4 Å². The van der Waals surface area contributed by atoms with E-state index in [1.165, 1.54) is 12.8 Å². The highest BCUT2D eigenvalue weighted by Crippen LogP contribution is 2.17. The number of hydrogen-bond acceptors (Lipinski definition) is 3. The van der Waals surface area contributed by atoms with Crippen LogP contribution in [0.5, 0.6) is 5.75 Å². The van der Waals surface area contributed by atoms with Gasteiger partial charge in [-0.15, -0.1) is 0 Å². The summed E-state index contributed by atoms with van der Waals surface area (Å²) in [6.45, 7) is 2.15. The highest BCUT2D eigenvalue weighted by Gasteiger charge is 2.08. The number of allylic oxidation sites excluding steroid dienone is 1. The largest absolute Gasteiger partial charge is 0.423 e. The molecule has 0 aliphatic heterocycles. The van der Waals surface area contributed by atoms with Gasteiger partial charge >= 0.3 is 5.97 Å². The lowest BCUT2D eigenvalue weighted by Crippen LogP contribution is -2.08. The molecule has 2 aromatic carbocycles. The number of ether oxygens (including phenoxy) is 1. The van der Waals surface area contributed by atoms with Crippen molar-refractivity contribution in [1.82, 2.24) is 0 Å². The molecule has 4 heteroatoms. The van der Waals surface area contributed by atoms with E-state index < -0.39 is 5.97 Å². The van der Waals surface area contributed by atoms with Gasteiger partial charge in [-0.2, -0.15) is 0 Å². The quantitative estimate of drug-likeness (QED) is 0.211. The number of carbonyl (C=O) groups is 2. The van der Waals surface area contributed by atoms with Crippen LogP contribution in [0.4, 0.5) is 0 Å². The van der Waals surface area contributed by atoms with Crippen LogP contribution in [0.1, 0.15) is 54.9 Å². The van der Waals surface area contributed by atoms with Crippen LogP contribution >= 0.6 is 15.9 Å². The van der Waals surface area contributed by atoms with Crippen LogP contribution in [-0.2, 0) is 4.79 Å². The summed E-state index contributed by atoms with van der Waals surface area (Å²) in [5.41, 5.74) is 1.39. The minimum absolute atomic E-state index is 0.145. The minimum atomic E-state index is -0.400. The zero-order valence-corrected chi connectivity index (χ0v) is 16.5. The second-order valence-corrected chi connectivity index (χ2v) is 6.99. The molecule has 0 heterocycles. The first-order valence-corrected chi connectivity index (χ1v) is 9.66. The first kappa shape index (κ1) is 20.1. The highest BCUT2D eigenvalue weighted by molar-refractivity contribution is 9.10. The summed E-state index contributed by atoms with van der Waals surface area (Å²) in [5.74, 6) is 0.218. The Hall–Kier alpha value is -2.20. The Labute approximate surface area is 163 Å². The summed E-state index contributed by atoms with van der Waals surface area (Å²) in [5, 5.41) is 0. The van der Waals surface area contributed by atoms with Gasteiger partial charge in [0.2, 0.25) is 0 Å². The van der Waals surface area contributed by atoms with E-state index in [0.29, 0.717) is 17.7 Å². The third kappa shape index (κ3) is 6.96. The first-order valence-electron chi connectivity index (χ1n) is 8.87. The average Bonchev–Trinajstić information content (AvgIpc) is 2.65. The zero-order valence-electron chi connectivity index (χ0n) is 14.9. The summed E-state index contributed by atoms with van der Waals surface area (Å²) in [6, 6.07) is 14.1. The van der Waals surface area contributed by atoms with Crippen molar-refractivity contribution in [2.45, 2.75) is 39.0 Å². The maximum Gasteiger partial charge on any atom is 0.343 e. The van der Waals surface area contributed by atoms with Gasteiger partial charge < -0.3 is 4.74 Å². The van der Waals surface area contributed by atoms with Crippen molar-refractivity contribution >= 4 is 33.8 Å². The summed E-state index contributed by atoms with van der Waals surface area (Å²) in [6.07, 6.45) is 8.41. The Morgan fingerprint density at radius 2 is 1.65 bits per heavy atom. The van der Waals surface area contributed by atoms with Gasteiger partial charge in [-0.05, 0) is 54.5 Å². The Balaban J connectivity index is 1.85. The Morgan fingerprint density at radius 3 is 2.31 bits per heavy atom. The summed E-state index contributed by atoms with van der Waals surface area (Å²) >= 11 is 3.33. The lowest BCUT2D eigenvalue weighted by atomic mass is 10.1. The molecular formula is C22H23BrO3. The van der Waals surface area contributed by atoms with Gasteiger partial charge in [0.25, 0.3) is 0 Å². The van der Waals surface area contributed by atoms with E-state index in [-0.39, 0.29) is 5.78 Å². The van der Waals surface area contributed by atoms with E-state index in [4.69, 9.17) is 4.74 Å². The van der Waals surface area contributed by atoms with Gasteiger partial charge in [0.05, 0.1) is 5.56 Å². The van der Waals surface area contributed by atoms with Crippen LogP contribution in [0, 0.1) is 0 Å². The molecule has 0 amide bonds. The van der Waals surface area contributed by atoms with Crippen LogP contribution < -0.4 is 4.74 Å². The molecule has 0 atom stereocenters. The summed E-state index contributed by atoms with van der Waals surface area (Å²) in [4.78, 5) is 23.9. The predicted molar refractivity (Wildman–Crippen MR) is 108 cm³/mol. The van der Waals surface area contributed by atoms with Crippen molar-refractivity contribution in [2.24, 2.45) is 0 Å². The highest BCUT2D eigenvalue weighted by atomic mass is 79.9. The minimum Gasteiger partial charge on any atom is -0.423 e. The van der Waals surface area contributed by atoms with E-state index in [1.54, 1.807) is 48.6 Å². The van der Waals surface area contributed by atoms with Crippen LogP contribution in [0.3, 0.4) is 0 Å². The number of unbranched alkanes of at least 4 members (excludes halogenated alkanes) is 3. The van der Waals surface area contributed by atoms with E-state index in [9.17, 15) is 9.59 Å². The molecule has 0 bridgehead atoms. The Kier molecular flexibility index (Phi) is 8.29. The van der Waals surface area contributed by atoms with Crippen molar-refractivity contribution in [3.63, 3.8) is 0 Å². The number of rotatable bonds is 9. The average molecular weight is 415 g/mol. The van der Waals surface area contributed by atoms with Crippen LogP contribution in [0.15, 0.2) is 59.1 Å². The number of halogens is 1. The van der Waals surface area contributed by atoms with Gasteiger partial charge in [0.1, 0.15) is 5.75 Å². The Bertz CT molecular complexity index is 746. The second-order valence-electron chi connectivity index (χ2n) is 6.08. The SMILES string of the molecule is CCCCCCC(=O)/C=C\c1ccc(OC(=O)c2ccc(Br)cc2)cc1. The van der Waals surface area contributed by atoms with Crippen LogP contribution in [0.25, 0.3) is 6.08 Å². The van der Waals surface area contributed by atoms with Crippen molar-refractivity contribution in [3.05, 3.63) is 70.2 Å². The van der Waals surface area contributed by atoms with Gasteiger partial charge in [0, 0.05) is 10.9 Å². The fourth-order valence-electron chi connectivity index (χ4n) is 2.40. The molecule has 3 nitrogen and oxygen atoms in total. The first-order chi connectivity index (χ1) is 12.6. The molecule has 0 N–H and O–H groups in total. The molecule has 2 rings (SSSR count). The van der Waals surface area contributed by atoms with Crippen molar-refractivity contribution < 1.29 is 14.3 Å². The third-order valence-corrected chi connectivity index (χ3v) is 4.44. The predicted octanol–water partition coefficient (Wildman–Crippen LogP) is 6.22. The number of hydrogen-bond donors (Lipinski definition) is 0. The molecule has 26 heavy (non-hydrogen) atoms. The molecule has 0 aliphatic rings. The fourth-order valence-corrected chi connectivity index (χ4v) is 2.66. The van der Waals surface area contributed by atoms with Crippen LogP contribution in [-0.4, -0.2) is 11.8 Å². The van der Waals surface area contributed by atoms with E-state index >= 15 is 0 Å². The van der Waals surface area contributed by atoms with Crippen molar-refractivity contribution in [1.29, 1.82) is 0 Å². The molecule has 0 saturated heterocycles. The third-order valence-electron chi connectivity index (χ3n) is 3.91. The lowest BCUT2D eigenvalue weighted by Gasteiger charge is -2.05. The van der Waals surface area contributed by atoms with Crippen molar-refractivity contribution in [2.75, 3.05) is 0 Å². The van der Waals surface area contributed by atoms with Crippen LogP contribution in [0.2, 0.25) is 0 Å². The summed E-state index contributed by atoms with van der Waals surface area (Å²) in [7, 11) is 0. The molecule has 0 saturated carbocycles. The van der Waals surface area contributed by atoms with Gasteiger partial charge in [-0.1, -0.05) is 60.3 Å². The van der Waals surface area contributed by atoms with Crippen molar-refractivity contribution in [3.8, 4) is 5.75 Å². The molecule has 136 valence electrons. The molecule has 2 aromatic rings. The molecular weight excluding hydrogens is 392 g/mol. The summed E-state index contributed by atoms with van der Waals surface area (Å²) < 4.78 is 6.26. The Morgan fingerprint density at radius 1 is 0.962 bits per heavy atom. The van der Waals surface area contributed by atoms with Gasteiger partial charge in [-0.3, -0.25) is 4.79 Å². The fraction of sp³-hybridized carbons (Fsp3) is 0.273. The number of benzene rings is 2. The molecule has 0 unspecified atom stereocenters. The maximum absolute atomic E-state index is 12.1. The monoisotopic (exact) mass is 414 g/mol. The van der Waals surface area contributed by atoms with E-state index in [1.807, 2.05) is 12.1 Å². The standard InChI is InChI=1S/C22H23BrO3/c1-2-3-4-5-6-20(24)14-7-17-8-15-21(16-9-17)26-22(25)18-10-12-19(23)13-11-18/h7-16H,2-6H2,1H3/b14-7-. The molecule has 0 fully saturated rings. The number of carbonyl (C=O) groups excluding carboxylic acids is 2. The number of ketones is 1. The van der Waals surface area contributed by atoms with Gasteiger partial charge in [-0.25, -0.2) is 4.79 Å². The number of esters is 1. The molecule has 0 aromatic heterocycles.